The van der Waals surface area contributed by atoms with Gasteiger partial charge in [-0.05, 0) is 55.2 Å². The first-order chi connectivity index (χ1) is 10.7. The molecule has 0 atom stereocenters. The maximum Gasteiger partial charge on any atom is 0.193 e. The topological polar surface area (TPSA) is 59.6 Å². The van der Waals surface area contributed by atoms with E-state index in [-0.39, 0.29) is 24.0 Å². The molecule has 23 heavy (non-hydrogen) atoms. The molecule has 1 aromatic rings. The van der Waals surface area contributed by atoms with E-state index in [9.17, 15) is 0 Å². The van der Waals surface area contributed by atoms with Crippen molar-refractivity contribution >= 4 is 35.6 Å². The highest BCUT2D eigenvalue weighted by Gasteiger charge is 2.12. The fraction of sp³-hybridized carbons (Fsp3) is 0.611. The fourth-order valence-electron chi connectivity index (χ4n) is 2.73. The molecular formula is C18H30IN3O. The Labute approximate surface area is 157 Å². The molecule has 2 rings (SSSR count). The van der Waals surface area contributed by atoms with Crippen molar-refractivity contribution in [1.82, 2.24) is 0 Å². The van der Waals surface area contributed by atoms with Crippen LogP contribution in [-0.2, 0) is 17.6 Å². The molecule has 1 aliphatic rings. The normalized spacial score (nSPS) is 14.3. The van der Waals surface area contributed by atoms with Crippen LogP contribution in [-0.4, -0.2) is 25.7 Å². The molecule has 130 valence electrons. The van der Waals surface area contributed by atoms with Gasteiger partial charge in [0.05, 0.1) is 13.2 Å². The number of hydrogen-bond acceptors (Lipinski definition) is 2. The maximum absolute atomic E-state index is 5.99. The average Bonchev–Trinajstić information content (AvgIpc) is 2.51. The number of aryl methyl sites for hydroxylation is 1. The number of nitrogens with two attached hydrogens (primary N) is 1. The van der Waals surface area contributed by atoms with Crippen LogP contribution < -0.4 is 11.1 Å². The molecule has 0 fully saturated rings. The highest BCUT2D eigenvalue weighted by molar-refractivity contribution is 14.0. The Morgan fingerprint density at radius 2 is 2.04 bits per heavy atom. The third kappa shape index (κ3) is 7.08. The van der Waals surface area contributed by atoms with Gasteiger partial charge in [0.2, 0.25) is 0 Å². The zero-order valence-corrected chi connectivity index (χ0v) is 16.6. The molecule has 4 nitrogen and oxygen atoms in total. The molecule has 0 unspecified atom stereocenters. The Bertz CT molecular complexity index is 503. The van der Waals surface area contributed by atoms with Gasteiger partial charge in [0.15, 0.2) is 5.96 Å². The van der Waals surface area contributed by atoms with E-state index in [4.69, 9.17) is 10.5 Å². The first kappa shape index (κ1) is 20.2. The lowest BCUT2D eigenvalue weighted by atomic mass is 9.90. The predicted octanol–water partition coefficient (Wildman–Crippen LogP) is 3.97. The summed E-state index contributed by atoms with van der Waals surface area (Å²) in [4.78, 5) is 4.34. The molecular weight excluding hydrogens is 401 g/mol. The summed E-state index contributed by atoms with van der Waals surface area (Å²) in [6.45, 7) is 6.43. The predicted molar refractivity (Wildman–Crippen MR) is 109 cm³/mol. The van der Waals surface area contributed by atoms with E-state index in [2.05, 4.69) is 42.4 Å². The number of benzene rings is 1. The van der Waals surface area contributed by atoms with Crippen LogP contribution in [0.1, 0.15) is 44.2 Å². The largest absolute Gasteiger partial charge is 0.380 e. The number of hydrogen-bond donors (Lipinski definition) is 2. The number of anilines is 1. The molecule has 0 saturated heterocycles. The number of halogens is 1. The Balaban J connectivity index is 0.00000264. The molecule has 0 saturated carbocycles. The summed E-state index contributed by atoms with van der Waals surface area (Å²) in [6.07, 6.45) is 5.93. The summed E-state index contributed by atoms with van der Waals surface area (Å²) in [5.41, 5.74) is 9.94. The van der Waals surface area contributed by atoms with Crippen LogP contribution in [0.3, 0.4) is 0 Å². The highest BCUT2D eigenvalue weighted by atomic mass is 127. The van der Waals surface area contributed by atoms with Gasteiger partial charge in [0.25, 0.3) is 0 Å². The fourth-order valence-corrected chi connectivity index (χ4v) is 2.73. The summed E-state index contributed by atoms with van der Waals surface area (Å²) in [7, 11) is 0. The average molecular weight is 431 g/mol. The van der Waals surface area contributed by atoms with Gasteiger partial charge in [-0.25, -0.2) is 0 Å². The minimum atomic E-state index is 0. The molecule has 0 aromatic heterocycles. The molecule has 5 heteroatoms. The van der Waals surface area contributed by atoms with Gasteiger partial charge in [-0.1, -0.05) is 26.0 Å². The lowest BCUT2D eigenvalue weighted by Gasteiger charge is -2.19. The van der Waals surface area contributed by atoms with Crippen LogP contribution in [0, 0.1) is 5.92 Å². The van der Waals surface area contributed by atoms with E-state index in [0.29, 0.717) is 25.0 Å². The van der Waals surface area contributed by atoms with Crippen LogP contribution in [0.4, 0.5) is 5.69 Å². The minimum Gasteiger partial charge on any atom is -0.380 e. The zero-order valence-electron chi connectivity index (χ0n) is 14.3. The van der Waals surface area contributed by atoms with E-state index in [0.717, 1.165) is 25.1 Å². The van der Waals surface area contributed by atoms with E-state index >= 15 is 0 Å². The van der Waals surface area contributed by atoms with Crippen LogP contribution >= 0.6 is 24.0 Å². The summed E-state index contributed by atoms with van der Waals surface area (Å²) < 4.78 is 5.55. The van der Waals surface area contributed by atoms with Crippen molar-refractivity contribution < 1.29 is 4.74 Å². The minimum absolute atomic E-state index is 0. The van der Waals surface area contributed by atoms with Crippen LogP contribution in [0.2, 0.25) is 0 Å². The molecule has 0 aliphatic heterocycles. The van der Waals surface area contributed by atoms with Gasteiger partial charge in [-0.3, -0.25) is 4.99 Å². The number of ether oxygens (including phenoxy) is 1. The van der Waals surface area contributed by atoms with Crippen molar-refractivity contribution in [2.75, 3.05) is 25.1 Å². The molecule has 0 radical (unpaired) electrons. The van der Waals surface area contributed by atoms with Crippen molar-refractivity contribution in [1.29, 1.82) is 0 Å². The number of nitrogens with one attached hydrogen (secondary N) is 1. The summed E-state index contributed by atoms with van der Waals surface area (Å²) >= 11 is 0. The summed E-state index contributed by atoms with van der Waals surface area (Å²) in [5.74, 6) is 1.16. The quantitative estimate of drug-likeness (QED) is 0.297. The number of fused-ring (bicyclic) bond motifs is 1. The van der Waals surface area contributed by atoms with Gasteiger partial charge in [0, 0.05) is 12.3 Å². The van der Waals surface area contributed by atoms with E-state index in [1.807, 2.05) is 0 Å². The second-order valence-electron chi connectivity index (χ2n) is 6.34. The smallest absolute Gasteiger partial charge is 0.193 e. The highest BCUT2D eigenvalue weighted by Crippen LogP contribution is 2.27. The molecule has 0 spiro atoms. The van der Waals surface area contributed by atoms with E-state index in [1.54, 1.807) is 0 Å². The number of nitrogens with zero attached hydrogens (tertiary/aromatic N) is 1. The second kappa shape index (κ2) is 10.9. The zero-order chi connectivity index (χ0) is 15.8. The monoisotopic (exact) mass is 431 g/mol. The van der Waals surface area contributed by atoms with Gasteiger partial charge in [0.1, 0.15) is 0 Å². The van der Waals surface area contributed by atoms with Crippen LogP contribution in [0.25, 0.3) is 0 Å². The molecule has 0 amide bonds. The SMILES string of the molecule is CC(C)CCOCCN=C(N)Nc1cccc2c1CCCC2.I. The van der Waals surface area contributed by atoms with Crippen molar-refractivity contribution in [2.45, 2.75) is 46.0 Å². The first-order valence-corrected chi connectivity index (χ1v) is 8.42. The molecule has 0 heterocycles. The molecule has 3 N–H and O–H groups in total. The second-order valence-corrected chi connectivity index (χ2v) is 6.34. The van der Waals surface area contributed by atoms with Crippen LogP contribution in [0.5, 0.6) is 0 Å². The Morgan fingerprint density at radius 1 is 1.26 bits per heavy atom. The standard InChI is InChI=1S/C18H29N3O.HI/c1-14(2)10-12-22-13-11-20-18(19)21-17-9-5-7-15-6-3-4-8-16(15)17;/h5,7,9,14H,3-4,6,8,10-13H2,1-2H3,(H3,19,20,21);1H. The number of aliphatic imine (C=N–C) groups is 1. The number of rotatable bonds is 7. The maximum atomic E-state index is 5.99. The van der Waals surface area contributed by atoms with Crippen molar-refractivity contribution in [3.05, 3.63) is 29.3 Å². The molecule has 1 aromatic carbocycles. The van der Waals surface area contributed by atoms with Gasteiger partial charge < -0.3 is 15.8 Å². The Kier molecular flexibility index (Phi) is 9.55. The van der Waals surface area contributed by atoms with Crippen LogP contribution in [0.15, 0.2) is 23.2 Å². The summed E-state index contributed by atoms with van der Waals surface area (Å²) in [6, 6.07) is 6.40. The van der Waals surface area contributed by atoms with E-state index in [1.165, 1.54) is 30.4 Å². The third-order valence-electron chi connectivity index (χ3n) is 4.02. The lowest BCUT2D eigenvalue weighted by molar-refractivity contribution is 0.131. The van der Waals surface area contributed by atoms with Gasteiger partial charge >= 0.3 is 0 Å². The van der Waals surface area contributed by atoms with Crippen molar-refractivity contribution in [3.63, 3.8) is 0 Å². The van der Waals surface area contributed by atoms with Crippen molar-refractivity contribution in [3.8, 4) is 0 Å². The van der Waals surface area contributed by atoms with E-state index < -0.39 is 0 Å². The molecule has 0 bridgehead atoms. The van der Waals surface area contributed by atoms with Gasteiger partial charge in [-0.2, -0.15) is 0 Å². The number of guanidine groups is 1. The third-order valence-corrected chi connectivity index (χ3v) is 4.02. The molecule has 1 aliphatic carbocycles. The van der Waals surface area contributed by atoms with Gasteiger partial charge in [-0.15, -0.1) is 24.0 Å². The first-order valence-electron chi connectivity index (χ1n) is 8.42. The Hall–Kier alpha value is -0.820. The van der Waals surface area contributed by atoms with Crippen molar-refractivity contribution in [2.24, 2.45) is 16.6 Å². The lowest BCUT2D eigenvalue weighted by Crippen LogP contribution is -2.24. The summed E-state index contributed by atoms with van der Waals surface area (Å²) in [5, 5.41) is 3.25. The Morgan fingerprint density at radius 3 is 2.83 bits per heavy atom.